The first kappa shape index (κ1) is 26.3. The van der Waals surface area contributed by atoms with Crippen LogP contribution in [0.5, 0.6) is 0 Å². The summed E-state index contributed by atoms with van der Waals surface area (Å²) in [6, 6.07) is 7.06. The van der Waals surface area contributed by atoms with Gasteiger partial charge in [-0.2, -0.15) is 0 Å². The van der Waals surface area contributed by atoms with E-state index in [0.29, 0.717) is 3.57 Å². The molecule has 4 nitrogen and oxygen atoms in total. The highest BCUT2D eigenvalue weighted by Crippen LogP contribution is 2.29. The molecule has 0 amide bonds. The zero-order valence-corrected chi connectivity index (χ0v) is 19.1. The molecule has 0 aliphatic carbocycles. The second-order valence-corrected chi connectivity index (χ2v) is 8.20. The first-order chi connectivity index (χ1) is 10.2. The van der Waals surface area contributed by atoms with Gasteiger partial charge in [-0.1, -0.05) is 46.7 Å². The standard InChI is InChI=1S/C7H5BrINO2.C7H7BrIN.2CH4/c1-4-5(8)2-3-6(7(4)9)10(11)12;1-4-5(8)2-3-6(10)7(4)9;;/h2-3H,1H3;2-3H,10H2,1H3;2*1H4. The first-order valence-electron chi connectivity index (χ1n) is 5.95. The van der Waals surface area contributed by atoms with Crippen molar-refractivity contribution in [3.8, 4) is 0 Å². The normalized spacial score (nSPS) is 9.08. The van der Waals surface area contributed by atoms with Crippen LogP contribution in [-0.4, -0.2) is 4.92 Å². The Balaban J connectivity index is 0. The molecule has 0 spiro atoms. The average Bonchev–Trinajstić information content (AvgIpc) is 2.47. The van der Waals surface area contributed by atoms with Crippen molar-refractivity contribution in [1.82, 2.24) is 0 Å². The van der Waals surface area contributed by atoms with Crippen molar-refractivity contribution < 1.29 is 4.92 Å². The van der Waals surface area contributed by atoms with Crippen LogP contribution < -0.4 is 5.73 Å². The van der Waals surface area contributed by atoms with E-state index in [4.69, 9.17) is 5.73 Å². The Morgan fingerprint density at radius 2 is 1.38 bits per heavy atom. The molecule has 0 aliphatic heterocycles. The van der Waals surface area contributed by atoms with Crippen LogP contribution in [0.1, 0.15) is 26.0 Å². The number of nitro benzene ring substituents is 1. The first-order valence-corrected chi connectivity index (χ1v) is 9.70. The predicted octanol–water partition coefficient (Wildman–Crippen LogP) is 7.49. The third-order valence-electron chi connectivity index (χ3n) is 2.85. The summed E-state index contributed by atoms with van der Waals surface area (Å²) in [4.78, 5) is 10.1. The molecule has 2 aromatic carbocycles. The number of hydrogen-bond acceptors (Lipinski definition) is 3. The van der Waals surface area contributed by atoms with E-state index in [2.05, 4.69) is 54.5 Å². The van der Waals surface area contributed by atoms with E-state index < -0.39 is 0 Å². The van der Waals surface area contributed by atoms with Crippen molar-refractivity contribution in [2.75, 3.05) is 5.73 Å². The fraction of sp³-hybridized carbons (Fsp3) is 0.250. The number of hydrogen-bond donors (Lipinski definition) is 1. The van der Waals surface area contributed by atoms with Gasteiger partial charge in [0.15, 0.2) is 0 Å². The van der Waals surface area contributed by atoms with E-state index in [0.717, 1.165) is 23.8 Å². The van der Waals surface area contributed by atoms with Crippen LogP contribution in [0.15, 0.2) is 33.2 Å². The molecule has 24 heavy (non-hydrogen) atoms. The SMILES string of the molecule is C.C.Cc1c(Br)ccc(N)c1I.Cc1c(Br)ccc([N+](=O)[O-])c1I. The lowest BCUT2D eigenvalue weighted by molar-refractivity contribution is -0.385. The van der Waals surface area contributed by atoms with Crippen LogP contribution >= 0.6 is 77.0 Å². The van der Waals surface area contributed by atoms with E-state index in [1.54, 1.807) is 6.07 Å². The zero-order valence-electron chi connectivity index (χ0n) is 11.7. The van der Waals surface area contributed by atoms with Gasteiger partial charge in [0.1, 0.15) is 0 Å². The second kappa shape index (κ2) is 11.6. The molecule has 0 bridgehead atoms. The van der Waals surface area contributed by atoms with Gasteiger partial charge < -0.3 is 5.73 Å². The minimum absolute atomic E-state index is 0. The quantitative estimate of drug-likeness (QED) is 0.147. The summed E-state index contributed by atoms with van der Waals surface area (Å²) < 4.78 is 3.84. The van der Waals surface area contributed by atoms with Crippen LogP contribution in [0, 0.1) is 31.1 Å². The van der Waals surface area contributed by atoms with Gasteiger partial charge >= 0.3 is 0 Å². The lowest BCUT2D eigenvalue weighted by atomic mass is 10.2. The Kier molecular flexibility index (Phi) is 12.7. The van der Waals surface area contributed by atoms with Crippen LogP contribution in [0.3, 0.4) is 0 Å². The minimum atomic E-state index is -0.374. The highest BCUT2D eigenvalue weighted by Gasteiger charge is 2.14. The number of nitrogen functional groups attached to an aromatic ring is 1. The maximum Gasteiger partial charge on any atom is 0.282 e. The summed E-state index contributed by atoms with van der Waals surface area (Å²) in [5.41, 5.74) is 8.79. The monoisotopic (exact) mass is 684 g/mol. The van der Waals surface area contributed by atoms with Gasteiger partial charge in [-0.3, -0.25) is 10.1 Å². The fourth-order valence-electron chi connectivity index (χ4n) is 1.47. The number of halogens is 4. The molecular weight excluding hydrogens is 666 g/mol. The molecule has 0 fully saturated rings. The summed E-state index contributed by atoms with van der Waals surface area (Å²) >= 11 is 10.9. The van der Waals surface area contributed by atoms with Gasteiger partial charge in [-0.25, -0.2) is 0 Å². The van der Waals surface area contributed by atoms with Gasteiger partial charge in [0.25, 0.3) is 5.69 Å². The molecule has 0 aliphatic rings. The molecular formula is C16H20Br2I2N2O2. The van der Waals surface area contributed by atoms with Crippen LogP contribution in [-0.2, 0) is 0 Å². The topological polar surface area (TPSA) is 69.2 Å². The van der Waals surface area contributed by atoms with Gasteiger partial charge in [-0.05, 0) is 88.4 Å². The third kappa shape index (κ3) is 6.75. The maximum absolute atomic E-state index is 10.5. The molecule has 2 aromatic rings. The van der Waals surface area contributed by atoms with Gasteiger partial charge in [0.05, 0.1) is 8.49 Å². The molecule has 0 saturated heterocycles. The zero-order chi connectivity index (χ0) is 17.0. The van der Waals surface area contributed by atoms with Gasteiger partial charge in [0, 0.05) is 24.3 Å². The van der Waals surface area contributed by atoms with Crippen molar-refractivity contribution in [2.24, 2.45) is 0 Å². The Hall–Kier alpha value is 0.0600. The molecule has 0 radical (unpaired) electrons. The second-order valence-electron chi connectivity index (χ2n) is 4.34. The summed E-state index contributed by atoms with van der Waals surface area (Å²) in [6.45, 7) is 3.89. The van der Waals surface area contributed by atoms with E-state index >= 15 is 0 Å². The summed E-state index contributed by atoms with van der Waals surface area (Å²) in [5.74, 6) is 0. The highest BCUT2D eigenvalue weighted by atomic mass is 127. The van der Waals surface area contributed by atoms with Crippen LogP contribution in [0.25, 0.3) is 0 Å². The Morgan fingerprint density at radius 1 is 0.958 bits per heavy atom. The number of rotatable bonds is 1. The lowest BCUT2D eigenvalue weighted by Gasteiger charge is -2.03. The number of benzene rings is 2. The van der Waals surface area contributed by atoms with Crippen LogP contribution in [0.4, 0.5) is 11.4 Å². The smallest absolute Gasteiger partial charge is 0.282 e. The Bertz CT molecular complexity index is 699. The number of nitrogens with zero attached hydrogens (tertiary/aromatic N) is 1. The summed E-state index contributed by atoms with van der Waals surface area (Å²) in [7, 11) is 0. The van der Waals surface area contributed by atoms with Crippen molar-refractivity contribution in [3.05, 3.63) is 61.6 Å². The Morgan fingerprint density at radius 3 is 1.79 bits per heavy atom. The number of anilines is 1. The molecule has 2 rings (SSSR count). The molecule has 0 aromatic heterocycles. The molecule has 8 heteroatoms. The number of nitro groups is 1. The summed E-state index contributed by atoms with van der Waals surface area (Å²) in [6.07, 6.45) is 0. The molecule has 134 valence electrons. The van der Waals surface area contributed by atoms with Crippen molar-refractivity contribution >= 4 is 88.4 Å². The average molecular weight is 686 g/mol. The molecule has 0 heterocycles. The van der Waals surface area contributed by atoms with Crippen molar-refractivity contribution in [3.63, 3.8) is 0 Å². The molecule has 0 atom stereocenters. The maximum atomic E-state index is 10.5. The van der Waals surface area contributed by atoms with Gasteiger partial charge in [0.2, 0.25) is 0 Å². The molecule has 0 saturated carbocycles. The number of nitrogens with two attached hydrogens (primary N) is 1. The van der Waals surface area contributed by atoms with Gasteiger partial charge in [-0.15, -0.1) is 0 Å². The van der Waals surface area contributed by atoms with Crippen molar-refractivity contribution in [1.29, 1.82) is 0 Å². The van der Waals surface area contributed by atoms with Crippen LogP contribution in [0.2, 0.25) is 0 Å². The third-order valence-corrected chi connectivity index (χ3v) is 7.36. The highest BCUT2D eigenvalue weighted by molar-refractivity contribution is 14.1. The van der Waals surface area contributed by atoms with E-state index in [1.165, 1.54) is 11.6 Å². The Labute approximate surface area is 187 Å². The molecule has 2 N–H and O–H groups in total. The van der Waals surface area contributed by atoms with E-state index in [-0.39, 0.29) is 25.5 Å². The largest absolute Gasteiger partial charge is 0.398 e. The molecule has 0 unspecified atom stereocenters. The predicted molar refractivity (Wildman–Crippen MR) is 128 cm³/mol. The van der Waals surface area contributed by atoms with Crippen molar-refractivity contribution in [2.45, 2.75) is 28.7 Å². The van der Waals surface area contributed by atoms with E-state index in [1.807, 2.05) is 48.6 Å². The lowest BCUT2D eigenvalue weighted by Crippen LogP contribution is -1.93. The van der Waals surface area contributed by atoms with E-state index in [9.17, 15) is 10.1 Å². The summed E-state index contributed by atoms with van der Waals surface area (Å²) in [5, 5.41) is 10.5. The fourth-order valence-corrected chi connectivity index (χ4v) is 4.01. The minimum Gasteiger partial charge on any atom is -0.398 e.